The number of amides is 1. The number of benzene rings is 2. The van der Waals surface area contributed by atoms with E-state index in [2.05, 4.69) is 77.7 Å². The maximum atomic E-state index is 12.4. The summed E-state index contributed by atoms with van der Waals surface area (Å²) in [6, 6.07) is 19.0. The summed E-state index contributed by atoms with van der Waals surface area (Å²) in [4.78, 5) is 23.6. The van der Waals surface area contributed by atoms with Crippen molar-refractivity contribution in [2.75, 3.05) is 63.6 Å². The van der Waals surface area contributed by atoms with E-state index < -0.39 is 5.60 Å². The lowest BCUT2D eigenvalue weighted by atomic mass is 10.1. The molecule has 1 fully saturated rings. The van der Waals surface area contributed by atoms with Gasteiger partial charge in [0.2, 0.25) is 0 Å². The summed E-state index contributed by atoms with van der Waals surface area (Å²) in [5, 5.41) is 4.77. The van der Waals surface area contributed by atoms with Gasteiger partial charge in [-0.05, 0) is 72.1 Å². The minimum Gasteiger partial charge on any atom is -0.444 e. The second-order valence-corrected chi connectivity index (χ2v) is 10.7. The lowest BCUT2D eigenvalue weighted by Crippen LogP contribution is -2.50. The quantitative estimate of drug-likeness (QED) is 0.453. The molecule has 192 valence electrons. The molecule has 0 radical (unpaired) electrons. The third kappa shape index (κ3) is 6.66. The van der Waals surface area contributed by atoms with Crippen LogP contribution in [-0.2, 0) is 4.74 Å². The van der Waals surface area contributed by atoms with Gasteiger partial charge in [-0.2, -0.15) is 0 Å². The Morgan fingerprint density at radius 3 is 2.39 bits per heavy atom. The number of carbonyl (C=O) groups excluding carboxylic acids is 1. The topological polar surface area (TPSA) is 60.9 Å². The number of anilines is 2. The van der Waals surface area contributed by atoms with E-state index in [0.29, 0.717) is 13.1 Å². The fourth-order valence-corrected chi connectivity index (χ4v) is 4.40. The largest absolute Gasteiger partial charge is 0.444 e. The Kier molecular flexibility index (Phi) is 7.99. The Balaban J connectivity index is 1.44. The second-order valence-electron chi connectivity index (χ2n) is 10.7. The van der Waals surface area contributed by atoms with E-state index in [9.17, 15) is 4.79 Å². The Morgan fingerprint density at radius 1 is 1.03 bits per heavy atom. The van der Waals surface area contributed by atoms with E-state index in [4.69, 9.17) is 9.72 Å². The van der Waals surface area contributed by atoms with E-state index in [0.717, 1.165) is 66.1 Å². The van der Waals surface area contributed by atoms with E-state index in [1.165, 1.54) is 0 Å². The molecule has 0 aliphatic carbocycles. The molecule has 0 bridgehead atoms. The predicted octanol–water partition coefficient (Wildman–Crippen LogP) is 5.32. The van der Waals surface area contributed by atoms with Gasteiger partial charge in [-0.1, -0.05) is 30.3 Å². The number of para-hydroxylation sites is 1. The SMILES string of the molecule is CN(C)CCCNc1cc(-c2ccc(N3CCN(C(=O)OC(C)(C)C)CC3)cc2)nc2ccccc12. The molecule has 0 atom stereocenters. The zero-order valence-electron chi connectivity index (χ0n) is 22.3. The molecule has 2 heterocycles. The molecular formula is C29H39N5O2. The number of nitrogens with zero attached hydrogens (tertiary/aromatic N) is 4. The highest BCUT2D eigenvalue weighted by atomic mass is 16.6. The van der Waals surface area contributed by atoms with Gasteiger partial charge in [0.1, 0.15) is 5.60 Å². The highest BCUT2D eigenvalue weighted by Crippen LogP contribution is 2.30. The van der Waals surface area contributed by atoms with Crippen molar-refractivity contribution in [1.29, 1.82) is 0 Å². The van der Waals surface area contributed by atoms with Gasteiger partial charge in [0.25, 0.3) is 0 Å². The first-order valence-electron chi connectivity index (χ1n) is 12.8. The van der Waals surface area contributed by atoms with Gasteiger partial charge < -0.3 is 24.8 Å². The molecule has 1 N–H and O–H groups in total. The number of nitrogens with one attached hydrogen (secondary N) is 1. The average Bonchev–Trinajstić information content (AvgIpc) is 2.85. The van der Waals surface area contributed by atoms with Gasteiger partial charge >= 0.3 is 6.09 Å². The summed E-state index contributed by atoms with van der Waals surface area (Å²) in [5.74, 6) is 0. The van der Waals surface area contributed by atoms with E-state index >= 15 is 0 Å². The molecule has 7 nitrogen and oxygen atoms in total. The number of piperazine rings is 1. The third-order valence-corrected chi connectivity index (χ3v) is 6.27. The minimum absolute atomic E-state index is 0.231. The van der Waals surface area contributed by atoms with Crippen molar-refractivity contribution in [3.05, 3.63) is 54.6 Å². The average molecular weight is 490 g/mol. The number of hydrogen-bond acceptors (Lipinski definition) is 6. The van der Waals surface area contributed by atoms with Crippen molar-refractivity contribution in [1.82, 2.24) is 14.8 Å². The number of hydrogen-bond donors (Lipinski definition) is 1. The maximum absolute atomic E-state index is 12.4. The highest BCUT2D eigenvalue weighted by Gasteiger charge is 2.26. The molecule has 0 unspecified atom stereocenters. The lowest BCUT2D eigenvalue weighted by molar-refractivity contribution is 0.0240. The van der Waals surface area contributed by atoms with Crippen LogP contribution in [0.1, 0.15) is 27.2 Å². The molecule has 7 heteroatoms. The molecule has 1 aromatic heterocycles. The van der Waals surface area contributed by atoms with Gasteiger partial charge in [0, 0.05) is 55.0 Å². The maximum Gasteiger partial charge on any atom is 0.410 e. The molecule has 3 aromatic rings. The van der Waals surface area contributed by atoms with Gasteiger partial charge in [0.15, 0.2) is 0 Å². The monoisotopic (exact) mass is 489 g/mol. The highest BCUT2D eigenvalue weighted by molar-refractivity contribution is 5.93. The zero-order chi connectivity index (χ0) is 25.7. The van der Waals surface area contributed by atoms with E-state index in [1.807, 2.05) is 26.8 Å². The summed E-state index contributed by atoms with van der Waals surface area (Å²) in [7, 11) is 4.20. The molecule has 0 spiro atoms. The predicted molar refractivity (Wildman–Crippen MR) is 149 cm³/mol. The normalized spacial score (nSPS) is 14.4. The Morgan fingerprint density at radius 2 is 1.72 bits per heavy atom. The van der Waals surface area contributed by atoms with Crippen molar-refractivity contribution >= 4 is 28.4 Å². The van der Waals surface area contributed by atoms with Crippen LogP contribution in [-0.4, -0.2) is 79.8 Å². The van der Waals surface area contributed by atoms with Gasteiger partial charge in [0.05, 0.1) is 11.2 Å². The van der Waals surface area contributed by atoms with Gasteiger partial charge in [-0.25, -0.2) is 9.78 Å². The number of pyridine rings is 1. The number of rotatable bonds is 7. The van der Waals surface area contributed by atoms with Crippen LogP contribution < -0.4 is 10.2 Å². The van der Waals surface area contributed by atoms with E-state index in [-0.39, 0.29) is 6.09 Å². The minimum atomic E-state index is -0.470. The van der Waals surface area contributed by atoms with Crippen molar-refractivity contribution in [2.45, 2.75) is 32.8 Å². The number of aromatic nitrogens is 1. The van der Waals surface area contributed by atoms with Gasteiger partial charge in [-0.3, -0.25) is 0 Å². The summed E-state index contributed by atoms with van der Waals surface area (Å²) in [6.07, 6.45) is 0.848. The molecule has 0 saturated carbocycles. The van der Waals surface area contributed by atoms with Crippen LogP contribution in [0.25, 0.3) is 22.2 Å². The van der Waals surface area contributed by atoms with Crippen LogP contribution in [0.5, 0.6) is 0 Å². The first-order valence-corrected chi connectivity index (χ1v) is 12.8. The van der Waals surface area contributed by atoms with Crippen LogP contribution in [0.4, 0.5) is 16.2 Å². The first-order chi connectivity index (χ1) is 17.2. The fourth-order valence-electron chi connectivity index (χ4n) is 4.40. The molecule has 1 amide bonds. The first kappa shape index (κ1) is 25.8. The van der Waals surface area contributed by atoms with E-state index in [1.54, 1.807) is 4.90 Å². The van der Waals surface area contributed by atoms with Crippen molar-refractivity contribution in [3.8, 4) is 11.3 Å². The number of ether oxygens (including phenoxy) is 1. The Bertz CT molecular complexity index is 1160. The number of fused-ring (bicyclic) bond motifs is 1. The second kappa shape index (κ2) is 11.2. The standard InChI is InChI=1S/C29H39N5O2/c1-29(2,3)36-28(35)34-19-17-33(18-20-34)23-13-11-22(12-14-23)26-21-27(30-15-8-16-32(4)5)24-9-6-7-10-25(24)31-26/h6-7,9-14,21H,8,15-20H2,1-5H3,(H,30,31). The van der Waals surface area contributed by atoms with Crippen molar-refractivity contribution in [3.63, 3.8) is 0 Å². The van der Waals surface area contributed by atoms with Crippen molar-refractivity contribution in [2.24, 2.45) is 0 Å². The Hall–Kier alpha value is -3.32. The fraction of sp³-hybridized carbons (Fsp3) is 0.448. The molecule has 2 aromatic carbocycles. The summed E-state index contributed by atoms with van der Waals surface area (Å²) in [6.45, 7) is 10.6. The van der Waals surface area contributed by atoms with Crippen LogP contribution in [0.2, 0.25) is 0 Å². The molecule has 36 heavy (non-hydrogen) atoms. The van der Waals surface area contributed by atoms with Crippen molar-refractivity contribution < 1.29 is 9.53 Å². The summed E-state index contributed by atoms with van der Waals surface area (Å²) < 4.78 is 5.52. The molecule has 1 saturated heterocycles. The van der Waals surface area contributed by atoms with Crippen LogP contribution in [0, 0.1) is 0 Å². The number of carbonyl (C=O) groups is 1. The lowest BCUT2D eigenvalue weighted by Gasteiger charge is -2.36. The van der Waals surface area contributed by atoms with Crippen LogP contribution in [0.15, 0.2) is 54.6 Å². The zero-order valence-corrected chi connectivity index (χ0v) is 22.3. The third-order valence-electron chi connectivity index (χ3n) is 6.27. The van der Waals surface area contributed by atoms with Gasteiger partial charge in [-0.15, -0.1) is 0 Å². The molecule has 4 rings (SSSR count). The smallest absolute Gasteiger partial charge is 0.410 e. The molecule has 1 aliphatic heterocycles. The van der Waals surface area contributed by atoms with Crippen LogP contribution >= 0.6 is 0 Å². The Labute approximate surface area is 215 Å². The summed E-state index contributed by atoms with van der Waals surface area (Å²) >= 11 is 0. The van der Waals surface area contributed by atoms with Crippen LogP contribution in [0.3, 0.4) is 0 Å². The molecule has 1 aliphatic rings. The summed E-state index contributed by atoms with van der Waals surface area (Å²) in [5.41, 5.74) is 4.86. The molecular weight excluding hydrogens is 450 g/mol.